The Balaban J connectivity index is 2.08. The highest BCUT2D eigenvalue weighted by Gasteiger charge is 2.18. The molecule has 6 nitrogen and oxygen atoms in total. The number of ether oxygens (including phenoxy) is 2. The molecule has 0 bridgehead atoms. The molecule has 0 aliphatic heterocycles. The van der Waals surface area contributed by atoms with E-state index in [9.17, 15) is 14.7 Å². The summed E-state index contributed by atoms with van der Waals surface area (Å²) in [6.45, 7) is 0. The molecule has 0 spiro atoms. The second-order valence-corrected chi connectivity index (χ2v) is 6.87. The van der Waals surface area contributed by atoms with Gasteiger partial charge in [0.1, 0.15) is 5.70 Å². The zero-order valence-corrected chi connectivity index (χ0v) is 17.6. The third-order valence-corrected chi connectivity index (χ3v) is 4.82. The Hall–Kier alpha value is -3.77. The molecule has 0 aromatic heterocycles. The van der Waals surface area contributed by atoms with E-state index in [2.05, 4.69) is 5.32 Å². The van der Waals surface area contributed by atoms with Gasteiger partial charge in [-0.2, -0.15) is 0 Å². The number of hydrogen-bond acceptors (Lipinski definition) is 4. The lowest BCUT2D eigenvalue weighted by atomic mass is 10.00. The van der Waals surface area contributed by atoms with E-state index >= 15 is 0 Å². The summed E-state index contributed by atoms with van der Waals surface area (Å²) < 4.78 is 11.0. The highest BCUT2D eigenvalue weighted by Crippen LogP contribution is 2.42. The Morgan fingerprint density at radius 3 is 2.23 bits per heavy atom. The van der Waals surface area contributed by atoms with Crippen LogP contribution in [0.4, 0.5) is 0 Å². The van der Waals surface area contributed by atoms with Gasteiger partial charge in [0.2, 0.25) is 0 Å². The van der Waals surface area contributed by atoms with E-state index in [1.807, 2.05) is 12.1 Å². The predicted octanol–water partition coefficient (Wildman–Crippen LogP) is 4.88. The maximum Gasteiger partial charge on any atom is 0.352 e. The number of carbonyl (C=O) groups is 2. The van der Waals surface area contributed by atoms with Crippen molar-refractivity contribution in [2.75, 3.05) is 14.2 Å². The van der Waals surface area contributed by atoms with Gasteiger partial charge in [-0.05, 0) is 42.0 Å². The molecule has 0 unspecified atom stereocenters. The fourth-order valence-corrected chi connectivity index (χ4v) is 3.29. The zero-order valence-electron chi connectivity index (χ0n) is 16.9. The summed E-state index contributed by atoms with van der Waals surface area (Å²) in [6.07, 6.45) is 1.35. The van der Waals surface area contributed by atoms with Crippen LogP contribution in [0.3, 0.4) is 0 Å². The average Bonchev–Trinajstić information content (AvgIpc) is 2.78. The molecule has 1 amide bonds. The monoisotopic (exact) mass is 437 g/mol. The van der Waals surface area contributed by atoms with Crippen molar-refractivity contribution in [1.29, 1.82) is 0 Å². The summed E-state index contributed by atoms with van der Waals surface area (Å²) in [4.78, 5) is 24.2. The number of aliphatic carboxylic acids is 1. The largest absolute Gasteiger partial charge is 0.493 e. The summed E-state index contributed by atoms with van der Waals surface area (Å²) in [5, 5.41) is 12.6. The number of benzene rings is 3. The number of carbonyl (C=O) groups excluding carboxylic acids is 1. The van der Waals surface area contributed by atoms with Crippen LogP contribution in [0, 0.1) is 0 Å². The van der Waals surface area contributed by atoms with Crippen molar-refractivity contribution < 1.29 is 24.2 Å². The Morgan fingerprint density at radius 2 is 1.61 bits per heavy atom. The molecule has 3 aromatic carbocycles. The van der Waals surface area contributed by atoms with E-state index in [1.165, 1.54) is 20.3 Å². The fraction of sp³-hybridized carbons (Fsp3) is 0.0833. The van der Waals surface area contributed by atoms with E-state index in [4.69, 9.17) is 21.1 Å². The van der Waals surface area contributed by atoms with Gasteiger partial charge in [0, 0.05) is 21.7 Å². The molecule has 0 aliphatic rings. The third-order valence-electron chi connectivity index (χ3n) is 4.49. The first-order chi connectivity index (χ1) is 14.9. The summed E-state index contributed by atoms with van der Waals surface area (Å²) in [6, 6.07) is 18.9. The normalized spacial score (nSPS) is 11.0. The number of methoxy groups -OCH3 is 2. The summed E-state index contributed by atoms with van der Waals surface area (Å²) >= 11 is 6.37. The fourth-order valence-electron chi connectivity index (χ4n) is 3.05. The lowest BCUT2D eigenvalue weighted by molar-refractivity contribution is -0.132. The number of halogens is 1. The van der Waals surface area contributed by atoms with E-state index < -0.39 is 11.9 Å². The van der Waals surface area contributed by atoms with E-state index in [0.29, 0.717) is 38.8 Å². The number of hydrogen-bond donors (Lipinski definition) is 2. The molecule has 0 saturated heterocycles. The van der Waals surface area contributed by atoms with Gasteiger partial charge in [-0.3, -0.25) is 4.79 Å². The number of carboxylic acids is 1. The van der Waals surface area contributed by atoms with E-state index in [1.54, 1.807) is 54.6 Å². The molecule has 0 radical (unpaired) electrons. The summed E-state index contributed by atoms with van der Waals surface area (Å²) in [5.74, 6) is -0.956. The van der Waals surface area contributed by atoms with Crippen LogP contribution in [-0.4, -0.2) is 31.2 Å². The van der Waals surface area contributed by atoms with Gasteiger partial charge in [-0.15, -0.1) is 0 Å². The zero-order chi connectivity index (χ0) is 22.4. The molecule has 7 heteroatoms. The molecule has 0 fully saturated rings. The highest BCUT2D eigenvalue weighted by atomic mass is 35.5. The van der Waals surface area contributed by atoms with Crippen LogP contribution in [-0.2, 0) is 4.79 Å². The lowest BCUT2D eigenvalue weighted by Gasteiger charge is -2.15. The van der Waals surface area contributed by atoms with Crippen LogP contribution in [0.1, 0.15) is 15.9 Å². The van der Waals surface area contributed by atoms with E-state index in [0.717, 1.165) is 0 Å². The molecule has 3 aromatic rings. The van der Waals surface area contributed by atoms with Gasteiger partial charge in [0.05, 0.1) is 14.2 Å². The second kappa shape index (κ2) is 9.82. The smallest absolute Gasteiger partial charge is 0.352 e. The molecule has 0 atom stereocenters. The number of carboxylic acid groups (broad SMARTS) is 1. The van der Waals surface area contributed by atoms with E-state index in [-0.39, 0.29) is 5.70 Å². The van der Waals surface area contributed by atoms with Crippen LogP contribution >= 0.6 is 11.6 Å². The summed E-state index contributed by atoms with van der Waals surface area (Å²) in [5.41, 5.74) is 1.86. The number of nitrogens with one attached hydrogen (secondary N) is 1. The van der Waals surface area contributed by atoms with Crippen molar-refractivity contribution in [3.63, 3.8) is 0 Å². The van der Waals surface area contributed by atoms with Crippen molar-refractivity contribution in [2.24, 2.45) is 0 Å². The minimum Gasteiger partial charge on any atom is -0.493 e. The minimum atomic E-state index is -1.28. The van der Waals surface area contributed by atoms with Crippen molar-refractivity contribution in [3.8, 4) is 22.6 Å². The molecule has 3 rings (SSSR count). The molecule has 158 valence electrons. The first-order valence-electron chi connectivity index (χ1n) is 9.27. The SMILES string of the molecule is COc1cc(/C=C(/NC(=O)c2ccccc2)C(=O)O)cc(-c2ccccc2Cl)c1OC. The van der Waals surface area contributed by atoms with Gasteiger partial charge >= 0.3 is 5.97 Å². The number of rotatable bonds is 7. The molecule has 31 heavy (non-hydrogen) atoms. The van der Waals surface area contributed by atoms with Crippen LogP contribution in [0.15, 0.2) is 72.4 Å². The van der Waals surface area contributed by atoms with Crippen LogP contribution < -0.4 is 14.8 Å². The lowest BCUT2D eigenvalue weighted by Crippen LogP contribution is -2.27. The second-order valence-electron chi connectivity index (χ2n) is 6.47. The van der Waals surface area contributed by atoms with Crippen molar-refractivity contribution >= 4 is 29.6 Å². The Kier molecular flexibility index (Phi) is 6.95. The van der Waals surface area contributed by atoms with Gasteiger partial charge in [-0.1, -0.05) is 48.0 Å². The molecule has 0 saturated carbocycles. The minimum absolute atomic E-state index is 0.286. The van der Waals surface area contributed by atoms with Crippen LogP contribution in [0.25, 0.3) is 17.2 Å². The van der Waals surface area contributed by atoms with Crippen molar-refractivity contribution in [3.05, 3.63) is 88.6 Å². The van der Waals surface area contributed by atoms with Gasteiger partial charge in [-0.25, -0.2) is 4.79 Å². The van der Waals surface area contributed by atoms with Gasteiger partial charge < -0.3 is 19.9 Å². The molecular weight excluding hydrogens is 418 g/mol. The van der Waals surface area contributed by atoms with Crippen LogP contribution in [0.2, 0.25) is 5.02 Å². The van der Waals surface area contributed by atoms with Gasteiger partial charge in [0.15, 0.2) is 11.5 Å². The molecular formula is C24H20ClNO5. The topological polar surface area (TPSA) is 84.9 Å². The number of amides is 1. The van der Waals surface area contributed by atoms with Crippen molar-refractivity contribution in [2.45, 2.75) is 0 Å². The molecule has 0 heterocycles. The average molecular weight is 438 g/mol. The Labute approximate surface area is 184 Å². The van der Waals surface area contributed by atoms with Crippen molar-refractivity contribution in [1.82, 2.24) is 5.32 Å². The maximum atomic E-state index is 12.4. The first kappa shape index (κ1) is 21.9. The first-order valence-corrected chi connectivity index (χ1v) is 9.64. The Morgan fingerprint density at radius 1 is 0.935 bits per heavy atom. The quantitative estimate of drug-likeness (QED) is 0.514. The van der Waals surface area contributed by atoms with Gasteiger partial charge in [0.25, 0.3) is 5.91 Å². The third kappa shape index (κ3) is 5.05. The molecule has 2 N–H and O–H groups in total. The van der Waals surface area contributed by atoms with Crippen LogP contribution in [0.5, 0.6) is 11.5 Å². The Bertz CT molecular complexity index is 1140. The maximum absolute atomic E-state index is 12.4. The summed E-state index contributed by atoms with van der Waals surface area (Å²) in [7, 11) is 2.99. The molecule has 0 aliphatic carbocycles. The predicted molar refractivity (Wildman–Crippen MR) is 120 cm³/mol. The standard InChI is InChI=1S/C24H20ClNO5/c1-30-21-14-15(12-18(22(21)31-2)17-10-6-7-11-19(17)25)13-20(24(28)29)26-23(27)16-8-4-3-5-9-16/h3-14H,1-2H3,(H,26,27)(H,28,29)/b20-13+. The highest BCUT2D eigenvalue weighted by molar-refractivity contribution is 6.33.